The number of aliphatic hydroxyl groups is 1. The molecule has 0 aliphatic carbocycles. The molecule has 0 fully saturated rings. The number of aromatic nitrogens is 2. The van der Waals surface area contributed by atoms with Gasteiger partial charge in [-0.3, -0.25) is 9.36 Å². The first-order valence-electron chi connectivity index (χ1n) is 10.2. The maximum Gasteiger partial charge on any atom is 0.430 e. The molecule has 4 rings (SSSR count). The molecule has 4 nitrogen and oxygen atoms in total. The van der Waals surface area contributed by atoms with Crippen LogP contribution in [0.2, 0.25) is 0 Å². The van der Waals surface area contributed by atoms with E-state index in [9.17, 15) is 45.0 Å². The van der Waals surface area contributed by atoms with Crippen LogP contribution in [0.3, 0.4) is 0 Å². The molecule has 0 saturated heterocycles. The Labute approximate surface area is 197 Å². The first-order chi connectivity index (χ1) is 16.7. The van der Waals surface area contributed by atoms with Gasteiger partial charge in [-0.05, 0) is 35.9 Å². The largest absolute Gasteiger partial charge is 0.430 e. The van der Waals surface area contributed by atoms with Crippen molar-refractivity contribution >= 4 is 10.9 Å². The van der Waals surface area contributed by atoms with E-state index in [4.69, 9.17) is 0 Å². The van der Waals surface area contributed by atoms with E-state index in [1.807, 2.05) is 0 Å². The second-order valence-electron chi connectivity index (χ2n) is 7.85. The van der Waals surface area contributed by atoms with Crippen molar-refractivity contribution in [3.63, 3.8) is 0 Å². The van der Waals surface area contributed by atoms with E-state index < -0.39 is 40.7 Å². The Morgan fingerprint density at radius 2 is 1.44 bits per heavy atom. The molecule has 0 spiro atoms. The van der Waals surface area contributed by atoms with E-state index in [0.29, 0.717) is 18.2 Å². The zero-order chi connectivity index (χ0) is 26.5. The summed E-state index contributed by atoms with van der Waals surface area (Å²) in [6, 6.07) is 11.0. The van der Waals surface area contributed by atoms with Gasteiger partial charge in [0, 0.05) is 18.1 Å². The molecule has 1 heterocycles. The minimum atomic E-state index is -6.08. The number of nitrogens with zero attached hydrogens (tertiary/aromatic N) is 2. The van der Waals surface area contributed by atoms with Crippen LogP contribution < -0.4 is 5.56 Å². The van der Waals surface area contributed by atoms with Crippen LogP contribution in [0, 0.1) is 11.6 Å². The number of hydrogen-bond donors (Lipinski definition) is 1. The highest BCUT2D eigenvalue weighted by molar-refractivity contribution is 5.77. The Morgan fingerprint density at radius 3 is 2.03 bits per heavy atom. The highest BCUT2D eigenvalue weighted by Crippen LogP contribution is 2.50. The molecule has 4 aromatic rings. The van der Waals surface area contributed by atoms with Crippen molar-refractivity contribution in [2.45, 2.75) is 24.4 Å². The van der Waals surface area contributed by atoms with Crippen molar-refractivity contribution in [3.8, 4) is 5.69 Å². The van der Waals surface area contributed by atoms with Crippen molar-refractivity contribution in [2.24, 2.45) is 0 Å². The van der Waals surface area contributed by atoms with Gasteiger partial charge >= 0.3 is 12.4 Å². The number of para-hydroxylation sites is 1. The van der Waals surface area contributed by atoms with Gasteiger partial charge in [-0.15, -0.1) is 0 Å². The lowest BCUT2D eigenvalue weighted by atomic mass is 9.92. The highest BCUT2D eigenvalue weighted by Gasteiger charge is 2.71. The third-order valence-corrected chi connectivity index (χ3v) is 5.57. The second kappa shape index (κ2) is 8.70. The Bertz CT molecular complexity index is 1480. The number of fused-ring (bicyclic) bond motifs is 1. The second-order valence-corrected chi connectivity index (χ2v) is 7.85. The molecular formula is C24H14F8N2O2. The van der Waals surface area contributed by atoms with Crippen LogP contribution in [0.5, 0.6) is 0 Å². The average Bonchev–Trinajstić information content (AvgIpc) is 2.79. The molecule has 0 radical (unpaired) electrons. The summed E-state index contributed by atoms with van der Waals surface area (Å²) in [6.07, 6.45) is -12.5. The fourth-order valence-electron chi connectivity index (χ4n) is 3.74. The summed E-state index contributed by atoms with van der Waals surface area (Å²) >= 11 is 0. The molecule has 0 amide bonds. The van der Waals surface area contributed by atoms with Crippen LogP contribution >= 0.6 is 0 Å². The average molecular weight is 514 g/mol. The molecule has 188 valence electrons. The molecule has 0 aliphatic rings. The van der Waals surface area contributed by atoms with Crippen molar-refractivity contribution < 1.29 is 40.2 Å². The minimum absolute atomic E-state index is 0.0625. The van der Waals surface area contributed by atoms with Crippen LogP contribution in [0.25, 0.3) is 16.6 Å². The van der Waals surface area contributed by atoms with Crippen LogP contribution in [0.15, 0.2) is 71.5 Å². The van der Waals surface area contributed by atoms with Gasteiger partial charge in [-0.25, -0.2) is 13.8 Å². The third kappa shape index (κ3) is 4.21. The number of halogens is 8. The van der Waals surface area contributed by atoms with Crippen LogP contribution in [0.4, 0.5) is 35.1 Å². The van der Waals surface area contributed by atoms with Gasteiger partial charge in [0.25, 0.3) is 11.2 Å². The Morgan fingerprint density at radius 1 is 0.833 bits per heavy atom. The molecule has 0 unspecified atom stereocenters. The van der Waals surface area contributed by atoms with Gasteiger partial charge in [-0.1, -0.05) is 30.3 Å². The predicted molar refractivity (Wildman–Crippen MR) is 113 cm³/mol. The Kier molecular flexibility index (Phi) is 6.11. The van der Waals surface area contributed by atoms with E-state index in [-0.39, 0.29) is 34.4 Å². The van der Waals surface area contributed by atoms with Crippen molar-refractivity contribution in [1.82, 2.24) is 9.55 Å². The zero-order valence-electron chi connectivity index (χ0n) is 17.8. The fraction of sp³-hybridized carbons (Fsp3) is 0.167. The topological polar surface area (TPSA) is 55.1 Å². The first-order valence-corrected chi connectivity index (χ1v) is 10.2. The monoisotopic (exact) mass is 514 g/mol. The molecular weight excluding hydrogens is 500 g/mol. The summed E-state index contributed by atoms with van der Waals surface area (Å²) in [7, 11) is 0. The maximum atomic E-state index is 14.3. The predicted octanol–water partition coefficient (Wildman–Crippen LogP) is 5.57. The SMILES string of the molecule is O=c1c2ccccc2nc(Cc2ccc(F)cc2F)n1-c1ccc(C(O)(C(F)(F)F)C(F)(F)F)cc1. The molecule has 3 aromatic carbocycles. The van der Waals surface area contributed by atoms with Gasteiger partial charge < -0.3 is 5.11 Å². The Balaban J connectivity index is 1.90. The summed E-state index contributed by atoms with van der Waals surface area (Å²) in [4.78, 5) is 17.6. The number of benzene rings is 3. The number of hydrogen-bond acceptors (Lipinski definition) is 3. The summed E-state index contributed by atoms with van der Waals surface area (Å²) in [6.45, 7) is 0. The normalized spacial score (nSPS) is 12.8. The van der Waals surface area contributed by atoms with Gasteiger partial charge in [0.2, 0.25) is 0 Å². The molecule has 36 heavy (non-hydrogen) atoms. The van der Waals surface area contributed by atoms with Crippen molar-refractivity contribution in [3.05, 3.63) is 106 Å². The molecule has 1 N–H and O–H groups in total. The van der Waals surface area contributed by atoms with E-state index in [2.05, 4.69) is 4.98 Å². The maximum absolute atomic E-state index is 14.3. The fourth-order valence-corrected chi connectivity index (χ4v) is 3.74. The summed E-state index contributed by atoms with van der Waals surface area (Å²) in [5, 5.41) is 9.69. The van der Waals surface area contributed by atoms with Gasteiger partial charge in [-0.2, -0.15) is 26.3 Å². The summed E-state index contributed by atoms with van der Waals surface area (Å²) in [5.41, 5.74) is -7.44. The summed E-state index contributed by atoms with van der Waals surface area (Å²) < 4.78 is 108. The molecule has 0 atom stereocenters. The lowest BCUT2D eigenvalue weighted by Crippen LogP contribution is -2.53. The third-order valence-electron chi connectivity index (χ3n) is 5.57. The van der Waals surface area contributed by atoms with Crippen LogP contribution in [-0.4, -0.2) is 27.0 Å². The van der Waals surface area contributed by atoms with Crippen LogP contribution in [-0.2, 0) is 12.0 Å². The van der Waals surface area contributed by atoms with E-state index in [1.165, 1.54) is 18.2 Å². The molecule has 0 aliphatic heterocycles. The van der Waals surface area contributed by atoms with Gasteiger partial charge in [0.05, 0.1) is 16.6 Å². The summed E-state index contributed by atoms with van der Waals surface area (Å²) in [5.74, 6) is -1.91. The highest BCUT2D eigenvalue weighted by atomic mass is 19.4. The Hall–Kier alpha value is -3.80. The number of rotatable bonds is 4. The van der Waals surface area contributed by atoms with Gasteiger partial charge in [0.15, 0.2) is 0 Å². The minimum Gasteiger partial charge on any atom is -0.369 e. The molecule has 0 bridgehead atoms. The lowest BCUT2D eigenvalue weighted by Gasteiger charge is -2.32. The van der Waals surface area contributed by atoms with Crippen LogP contribution in [0.1, 0.15) is 17.0 Å². The van der Waals surface area contributed by atoms with E-state index in [1.54, 1.807) is 6.07 Å². The smallest absolute Gasteiger partial charge is 0.369 e. The lowest BCUT2D eigenvalue weighted by molar-refractivity contribution is -0.376. The van der Waals surface area contributed by atoms with Gasteiger partial charge in [0.1, 0.15) is 17.5 Å². The van der Waals surface area contributed by atoms with E-state index >= 15 is 0 Å². The van der Waals surface area contributed by atoms with Crippen molar-refractivity contribution in [1.29, 1.82) is 0 Å². The number of alkyl halides is 6. The standard InChI is InChI=1S/C24H14F8N2O2/c25-15-8-5-13(18(26)12-15)11-20-33-19-4-2-1-3-17(19)21(35)34(20)16-9-6-14(7-10-16)22(36,23(27,28)29)24(30,31)32/h1-10,12,36H,11H2. The molecule has 12 heteroatoms. The quantitative estimate of drug-likeness (QED) is 0.363. The molecule has 1 aromatic heterocycles. The van der Waals surface area contributed by atoms with E-state index in [0.717, 1.165) is 28.8 Å². The first kappa shape index (κ1) is 25.3. The van der Waals surface area contributed by atoms with Crippen molar-refractivity contribution in [2.75, 3.05) is 0 Å². The zero-order valence-corrected chi connectivity index (χ0v) is 17.8. The molecule has 0 saturated carbocycles.